The Hall–Kier alpha value is -2.88. The number of hydrogen-bond donors (Lipinski definition) is 0. The number of benzene rings is 3. The van der Waals surface area contributed by atoms with E-state index in [1.54, 1.807) is 4.90 Å². The Morgan fingerprint density at radius 3 is 2.03 bits per heavy atom. The number of para-hydroxylation sites is 1. The normalized spacial score (nSPS) is 22.1. The molecule has 0 aliphatic carbocycles. The maximum absolute atomic E-state index is 15.6. The smallest absolute Gasteiger partial charge is 0.415 e. The largest absolute Gasteiger partial charge is 0.443 e. The molecule has 0 bridgehead atoms. The first-order chi connectivity index (χ1) is 16.3. The number of carbonyl (C=O) groups is 1. The summed E-state index contributed by atoms with van der Waals surface area (Å²) >= 11 is 0. The van der Waals surface area contributed by atoms with Gasteiger partial charge in [0.05, 0.1) is 5.69 Å². The highest BCUT2D eigenvalue weighted by Gasteiger charge is 2.63. The van der Waals surface area contributed by atoms with Gasteiger partial charge in [0.15, 0.2) is 7.14 Å². The average molecular weight is 476 g/mol. The van der Waals surface area contributed by atoms with Crippen molar-refractivity contribution < 1.29 is 18.8 Å². The molecule has 1 fully saturated rings. The molecule has 6 heteroatoms. The Morgan fingerprint density at radius 2 is 1.50 bits per heavy atom. The van der Waals surface area contributed by atoms with Crippen LogP contribution in [0.2, 0.25) is 0 Å². The Balaban J connectivity index is 1.81. The topological polar surface area (TPSA) is 55.8 Å². The average Bonchev–Trinajstić information content (AvgIpc) is 3.43. The van der Waals surface area contributed by atoms with E-state index >= 15 is 4.57 Å². The number of carbonyl (C=O) groups excluding carboxylic acids is 1. The second-order valence-electron chi connectivity index (χ2n) is 9.91. The van der Waals surface area contributed by atoms with Crippen molar-refractivity contribution in [1.29, 1.82) is 0 Å². The lowest BCUT2D eigenvalue weighted by atomic mass is 9.93. The molecule has 0 N–H and O–H groups in total. The number of fused-ring (bicyclic) bond motifs is 2. The van der Waals surface area contributed by atoms with Crippen LogP contribution in [0.4, 0.5) is 10.5 Å². The van der Waals surface area contributed by atoms with Crippen LogP contribution in [0, 0.1) is 0 Å². The molecule has 0 aromatic heterocycles. The third kappa shape index (κ3) is 3.59. The fraction of sp³-hybridized carbons (Fsp3) is 0.321. The summed E-state index contributed by atoms with van der Waals surface area (Å²) in [6.45, 7) is 6.09. The second-order valence-corrected chi connectivity index (χ2v) is 12.7. The number of anilines is 1. The number of hydrogen-bond acceptors (Lipinski definition) is 4. The van der Waals surface area contributed by atoms with E-state index in [9.17, 15) is 4.79 Å². The maximum Gasteiger partial charge on any atom is 0.415 e. The number of ether oxygens (including phenoxy) is 2. The molecule has 1 amide bonds. The highest BCUT2D eigenvalue weighted by atomic mass is 31.2. The van der Waals surface area contributed by atoms with Crippen molar-refractivity contribution >= 4 is 29.5 Å². The van der Waals surface area contributed by atoms with Gasteiger partial charge in [-0.15, -0.1) is 0 Å². The Morgan fingerprint density at radius 1 is 0.941 bits per heavy atom. The highest BCUT2D eigenvalue weighted by Crippen LogP contribution is 2.65. The van der Waals surface area contributed by atoms with Crippen LogP contribution in [0.25, 0.3) is 0 Å². The van der Waals surface area contributed by atoms with Crippen molar-refractivity contribution in [3.63, 3.8) is 0 Å². The zero-order chi connectivity index (χ0) is 24.0. The van der Waals surface area contributed by atoms with Gasteiger partial charge in [0.2, 0.25) is 0 Å². The summed E-state index contributed by atoms with van der Waals surface area (Å²) in [5.41, 5.74) is 0.0207. The minimum absolute atomic E-state index is 0.510. The molecule has 2 aliphatic heterocycles. The van der Waals surface area contributed by atoms with Gasteiger partial charge < -0.3 is 14.0 Å². The molecule has 5 rings (SSSR count). The van der Waals surface area contributed by atoms with E-state index in [1.807, 2.05) is 106 Å². The third-order valence-electron chi connectivity index (χ3n) is 6.55. The first kappa shape index (κ1) is 22.9. The van der Waals surface area contributed by atoms with E-state index in [0.717, 1.165) is 12.0 Å². The molecule has 5 nitrogen and oxygen atoms in total. The first-order valence-electron chi connectivity index (χ1n) is 11.7. The Labute approximate surface area is 201 Å². The van der Waals surface area contributed by atoms with Gasteiger partial charge in [-0.25, -0.2) is 4.79 Å². The first-order valence-corrected chi connectivity index (χ1v) is 13.5. The van der Waals surface area contributed by atoms with Crippen LogP contribution < -0.4 is 15.5 Å². The molecule has 1 spiro atoms. The molecule has 176 valence electrons. The van der Waals surface area contributed by atoms with Gasteiger partial charge in [0, 0.05) is 22.8 Å². The fourth-order valence-corrected chi connectivity index (χ4v) is 8.86. The van der Waals surface area contributed by atoms with E-state index in [4.69, 9.17) is 9.47 Å². The van der Waals surface area contributed by atoms with Crippen LogP contribution in [0.1, 0.15) is 39.2 Å². The zero-order valence-electron chi connectivity index (χ0n) is 19.8. The SMILES string of the molecule is CC(C)(C)OC(=O)N1c2ccccc2C2(CCCO2)C1P(=O)(c1ccccc1)c1ccccc1. The lowest BCUT2D eigenvalue weighted by Crippen LogP contribution is -2.51. The van der Waals surface area contributed by atoms with Crippen LogP contribution in [-0.4, -0.2) is 24.1 Å². The molecule has 3 aromatic carbocycles. The lowest BCUT2D eigenvalue weighted by molar-refractivity contribution is 0.000788. The van der Waals surface area contributed by atoms with Crippen molar-refractivity contribution in [3.05, 3.63) is 90.5 Å². The van der Waals surface area contributed by atoms with Crippen molar-refractivity contribution in [1.82, 2.24) is 0 Å². The molecule has 3 aromatic rings. The van der Waals surface area contributed by atoms with Crippen molar-refractivity contribution in [3.8, 4) is 0 Å². The van der Waals surface area contributed by atoms with E-state index in [2.05, 4.69) is 0 Å². The zero-order valence-corrected chi connectivity index (χ0v) is 20.7. The van der Waals surface area contributed by atoms with E-state index in [1.165, 1.54) is 0 Å². The molecule has 2 unspecified atom stereocenters. The van der Waals surface area contributed by atoms with E-state index in [-0.39, 0.29) is 0 Å². The molecule has 2 atom stereocenters. The van der Waals surface area contributed by atoms with Gasteiger partial charge in [0.25, 0.3) is 0 Å². The molecule has 2 heterocycles. The van der Waals surface area contributed by atoms with Gasteiger partial charge in [0.1, 0.15) is 17.0 Å². The maximum atomic E-state index is 15.6. The molecular weight excluding hydrogens is 445 g/mol. The fourth-order valence-electron chi connectivity index (χ4n) is 5.29. The summed E-state index contributed by atoms with van der Waals surface area (Å²) in [6, 6.07) is 26.7. The minimum atomic E-state index is -3.44. The van der Waals surface area contributed by atoms with Gasteiger partial charge in [-0.3, -0.25) is 4.90 Å². The number of rotatable bonds is 3. The van der Waals surface area contributed by atoms with Crippen LogP contribution in [0.3, 0.4) is 0 Å². The van der Waals surface area contributed by atoms with E-state index in [0.29, 0.717) is 29.3 Å². The molecular formula is C28H30NO4P. The van der Waals surface area contributed by atoms with Crippen LogP contribution >= 0.6 is 7.14 Å². The van der Waals surface area contributed by atoms with Crippen molar-refractivity contribution in [2.75, 3.05) is 11.5 Å². The molecule has 0 radical (unpaired) electrons. The van der Waals surface area contributed by atoms with Crippen molar-refractivity contribution in [2.45, 2.75) is 50.6 Å². The standard InChI is InChI=1S/C28H30NO4P/c1-27(2,3)33-26(30)29-24-18-11-10-17-23(24)28(19-12-20-32-28)25(29)34(31,21-13-6-4-7-14-21)22-15-8-5-9-16-22/h4-11,13-18,25H,12,19-20H2,1-3H3. The van der Waals surface area contributed by atoms with Gasteiger partial charge in [-0.2, -0.15) is 0 Å². The predicted molar refractivity (Wildman–Crippen MR) is 136 cm³/mol. The van der Waals surface area contributed by atoms with Crippen LogP contribution in [0.15, 0.2) is 84.9 Å². The van der Waals surface area contributed by atoms with Gasteiger partial charge >= 0.3 is 6.09 Å². The van der Waals surface area contributed by atoms with E-state index < -0.39 is 30.2 Å². The molecule has 1 saturated heterocycles. The summed E-state index contributed by atoms with van der Waals surface area (Å²) in [5, 5.41) is 1.39. The van der Waals surface area contributed by atoms with Crippen LogP contribution in [0.5, 0.6) is 0 Å². The van der Waals surface area contributed by atoms with Crippen molar-refractivity contribution in [2.24, 2.45) is 0 Å². The molecule has 2 aliphatic rings. The molecule has 34 heavy (non-hydrogen) atoms. The number of nitrogens with zero attached hydrogens (tertiary/aromatic N) is 1. The molecule has 0 saturated carbocycles. The quantitative estimate of drug-likeness (QED) is 0.450. The summed E-state index contributed by atoms with van der Waals surface area (Å²) in [5.74, 6) is -0.764. The monoisotopic (exact) mass is 475 g/mol. The number of amides is 1. The second kappa shape index (κ2) is 8.41. The van der Waals surface area contributed by atoms with Gasteiger partial charge in [-0.1, -0.05) is 78.9 Å². The van der Waals surface area contributed by atoms with Gasteiger partial charge in [-0.05, 0) is 39.7 Å². The lowest BCUT2D eigenvalue weighted by Gasteiger charge is -2.40. The van der Waals surface area contributed by atoms with Crippen LogP contribution in [-0.2, 0) is 19.6 Å². The summed E-state index contributed by atoms with van der Waals surface area (Å²) < 4.78 is 28.0. The Kier molecular flexibility index (Phi) is 5.66. The highest BCUT2D eigenvalue weighted by molar-refractivity contribution is 7.79. The minimum Gasteiger partial charge on any atom is -0.443 e. The third-order valence-corrected chi connectivity index (χ3v) is 10.0. The predicted octanol–water partition coefficient (Wildman–Crippen LogP) is 5.79. The Bertz CT molecular complexity index is 1190. The summed E-state index contributed by atoms with van der Waals surface area (Å²) in [6.07, 6.45) is 0.998. The summed E-state index contributed by atoms with van der Waals surface area (Å²) in [4.78, 5) is 15.4. The summed E-state index contributed by atoms with van der Waals surface area (Å²) in [7, 11) is -3.44.